The van der Waals surface area contributed by atoms with Crippen LogP contribution in [0.4, 0.5) is 0 Å². The molecule has 0 fully saturated rings. The van der Waals surface area contributed by atoms with Crippen LogP contribution in [-0.2, 0) is 0 Å². The number of rotatable bonds is 4. The highest BCUT2D eigenvalue weighted by Crippen LogP contribution is 2.19. The van der Waals surface area contributed by atoms with E-state index in [4.69, 9.17) is 0 Å². The molecule has 0 bridgehead atoms. The van der Waals surface area contributed by atoms with Gasteiger partial charge in [0.05, 0.1) is 6.07 Å². The first kappa shape index (κ1) is 14.7. The molecule has 0 saturated carbocycles. The zero-order valence-corrected chi connectivity index (χ0v) is 12.5. The smallest absolute Gasteiger partial charge is 0.252 e. The van der Waals surface area contributed by atoms with Crippen molar-refractivity contribution in [3.8, 4) is 6.07 Å². The summed E-state index contributed by atoms with van der Waals surface area (Å²) in [7, 11) is 0. The molecular formula is C14H17BrN2O. The van der Waals surface area contributed by atoms with Gasteiger partial charge in [0.1, 0.15) is 5.54 Å². The van der Waals surface area contributed by atoms with E-state index in [0.717, 1.165) is 10.0 Å². The van der Waals surface area contributed by atoms with E-state index in [-0.39, 0.29) is 5.91 Å². The first-order valence-corrected chi connectivity index (χ1v) is 6.77. The number of aryl methyl sites for hydroxylation is 1. The van der Waals surface area contributed by atoms with Crippen LogP contribution in [0.2, 0.25) is 0 Å². The summed E-state index contributed by atoms with van der Waals surface area (Å²) < 4.78 is 0.939. The van der Waals surface area contributed by atoms with Crippen LogP contribution in [0.15, 0.2) is 22.7 Å². The summed E-state index contributed by atoms with van der Waals surface area (Å²) in [4.78, 5) is 12.2. The van der Waals surface area contributed by atoms with Crippen molar-refractivity contribution in [1.82, 2.24) is 5.32 Å². The molecule has 0 aliphatic heterocycles. The first-order valence-electron chi connectivity index (χ1n) is 5.98. The zero-order chi connectivity index (χ0) is 13.8. The Kier molecular flexibility index (Phi) is 4.92. The molecule has 4 heteroatoms. The van der Waals surface area contributed by atoms with Gasteiger partial charge in [-0.15, -0.1) is 0 Å². The first-order chi connectivity index (χ1) is 8.48. The molecule has 0 radical (unpaired) electrons. The molecule has 1 rings (SSSR count). The van der Waals surface area contributed by atoms with Crippen LogP contribution in [0.5, 0.6) is 0 Å². The summed E-state index contributed by atoms with van der Waals surface area (Å²) in [6.07, 6.45) is 1.20. The normalized spacial score (nSPS) is 10.8. The molecule has 1 amide bonds. The average Bonchev–Trinajstić information content (AvgIpc) is 2.36. The highest BCUT2D eigenvalue weighted by Gasteiger charge is 2.28. The zero-order valence-electron chi connectivity index (χ0n) is 10.9. The summed E-state index contributed by atoms with van der Waals surface area (Å²) >= 11 is 3.36. The summed E-state index contributed by atoms with van der Waals surface area (Å²) in [6, 6.07) is 7.69. The lowest BCUT2D eigenvalue weighted by molar-refractivity contribution is 0.0915. The minimum atomic E-state index is -0.767. The Morgan fingerprint density at radius 1 is 1.44 bits per heavy atom. The summed E-state index contributed by atoms with van der Waals surface area (Å²) in [6.45, 7) is 5.69. The maximum Gasteiger partial charge on any atom is 0.252 e. The molecule has 18 heavy (non-hydrogen) atoms. The van der Waals surface area contributed by atoms with E-state index in [1.54, 1.807) is 6.07 Å². The number of benzene rings is 1. The number of carbonyl (C=O) groups is 1. The van der Waals surface area contributed by atoms with Crippen molar-refractivity contribution in [2.75, 3.05) is 0 Å². The van der Waals surface area contributed by atoms with Gasteiger partial charge in [0.15, 0.2) is 0 Å². The Morgan fingerprint density at radius 3 is 2.50 bits per heavy atom. The maximum absolute atomic E-state index is 12.2. The summed E-state index contributed by atoms with van der Waals surface area (Å²) in [5, 5.41) is 12.1. The fourth-order valence-corrected chi connectivity index (χ4v) is 2.25. The quantitative estimate of drug-likeness (QED) is 0.924. The molecule has 0 unspecified atom stereocenters. The lowest BCUT2D eigenvalue weighted by atomic mass is 9.94. The minimum absolute atomic E-state index is 0.190. The predicted molar refractivity (Wildman–Crippen MR) is 75.3 cm³/mol. The number of nitrogens with zero attached hydrogens (tertiary/aromatic N) is 1. The van der Waals surface area contributed by atoms with E-state index in [0.29, 0.717) is 18.4 Å². The van der Waals surface area contributed by atoms with Gasteiger partial charge in [-0.1, -0.05) is 29.8 Å². The van der Waals surface area contributed by atoms with Crippen molar-refractivity contribution < 1.29 is 4.79 Å². The SMILES string of the molecule is CCC(C#N)(CC)NC(=O)c1ccc(Br)cc1C. The van der Waals surface area contributed by atoms with E-state index in [1.807, 2.05) is 32.9 Å². The summed E-state index contributed by atoms with van der Waals surface area (Å²) in [5.41, 5.74) is 0.733. The molecule has 0 aliphatic rings. The lowest BCUT2D eigenvalue weighted by Crippen LogP contribution is -2.46. The van der Waals surface area contributed by atoms with Crippen molar-refractivity contribution in [2.45, 2.75) is 39.2 Å². The van der Waals surface area contributed by atoms with Gasteiger partial charge < -0.3 is 5.32 Å². The van der Waals surface area contributed by atoms with Gasteiger partial charge in [-0.05, 0) is 43.5 Å². The molecule has 0 aliphatic carbocycles. The number of nitriles is 1. The Hall–Kier alpha value is -1.34. The van der Waals surface area contributed by atoms with Crippen LogP contribution in [0.3, 0.4) is 0 Å². The van der Waals surface area contributed by atoms with Gasteiger partial charge in [0.25, 0.3) is 5.91 Å². The third-order valence-corrected chi connectivity index (χ3v) is 3.70. The number of halogens is 1. The predicted octanol–water partition coefficient (Wildman–Crippen LogP) is 3.57. The number of hydrogen-bond donors (Lipinski definition) is 1. The number of amides is 1. The van der Waals surface area contributed by atoms with E-state index in [1.165, 1.54) is 0 Å². The van der Waals surface area contributed by atoms with Crippen LogP contribution in [0.1, 0.15) is 42.6 Å². The molecule has 96 valence electrons. The Morgan fingerprint density at radius 2 is 2.06 bits per heavy atom. The molecule has 3 nitrogen and oxygen atoms in total. The Bertz CT molecular complexity index is 487. The van der Waals surface area contributed by atoms with Crippen LogP contribution < -0.4 is 5.32 Å². The van der Waals surface area contributed by atoms with Crippen molar-refractivity contribution >= 4 is 21.8 Å². The Balaban J connectivity index is 2.99. The van der Waals surface area contributed by atoms with E-state index in [9.17, 15) is 10.1 Å². The molecule has 1 aromatic rings. The molecule has 0 heterocycles. The van der Waals surface area contributed by atoms with Crippen LogP contribution in [-0.4, -0.2) is 11.4 Å². The second-order valence-electron chi connectivity index (χ2n) is 4.31. The van der Waals surface area contributed by atoms with Gasteiger partial charge >= 0.3 is 0 Å². The third-order valence-electron chi connectivity index (χ3n) is 3.21. The molecule has 1 N–H and O–H groups in total. The highest BCUT2D eigenvalue weighted by atomic mass is 79.9. The van der Waals surface area contributed by atoms with Gasteiger partial charge in [-0.25, -0.2) is 0 Å². The van der Waals surface area contributed by atoms with Gasteiger partial charge in [-0.2, -0.15) is 5.26 Å². The van der Waals surface area contributed by atoms with Crippen molar-refractivity contribution in [3.63, 3.8) is 0 Å². The van der Waals surface area contributed by atoms with Crippen molar-refractivity contribution in [1.29, 1.82) is 5.26 Å². The topological polar surface area (TPSA) is 52.9 Å². The summed E-state index contributed by atoms with van der Waals surface area (Å²) in [5.74, 6) is -0.190. The van der Waals surface area contributed by atoms with Crippen LogP contribution in [0.25, 0.3) is 0 Å². The van der Waals surface area contributed by atoms with E-state index < -0.39 is 5.54 Å². The minimum Gasteiger partial charge on any atom is -0.334 e. The number of hydrogen-bond acceptors (Lipinski definition) is 2. The molecule has 0 atom stereocenters. The fraction of sp³-hybridized carbons (Fsp3) is 0.429. The Labute approximate surface area is 116 Å². The van der Waals surface area contributed by atoms with E-state index in [2.05, 4.69) is 27.3 Å². The van der Waals surface area contributed by atoms with Crippen molar-refractivity contribution in [3.05, 3.63) is 33.8 Å². The number of nitrogens with one attached hydrogen (secondary N) is 1. The van der Waals surface area contributed by atoms with E-state index >= 15 is 0 Å². The van der Waals surface area contributed by atoms with Crippen LogP contribution >= 0.6 is 15.9 Å². The molecule has 0 spiro atoms. The molecule has 0 aromatic heterocycles. The van der Waals surface area contributed by atoms with Gasteiger partial charge in [0, 0.05) is 10.0 Å². The fourth-order valence-electron chi connectivity index (χ4n) is 1.78. The van der Waals surface area contributed by atoms with Gasteiger partial charge in [0.2, 0.25) is 0 Å². The third kappa shape index (κ3) is 3.11. The van der Waals surface area contributed by atoms with Crippen LogP contribution in [0, 0.1) is 18.3 Å². The molecule has 0 saturated heterocycles. The monoisotopic (exact) mass is 308 g/mol. The molecular weight excluding hydrogens is 292 g/mol. The standard InChI is InChI=1S/C14H17BrN2O/c1-4-14(5-2,9-16)17-13(18)12-7-6-11(15)8-10(12)3/h6-8H,4-5H2,1-3H3,(H,17,18). The van der Waals surface area contributed by atoms with Crippen molar-refractivity contribution in [2.24, 2.45) is 0 Å². The second-order valence-corrected chi connectivity index (χ2v) is 5.23. The number of carbonyl (C=O) groups excluding carboxylic acids is 1. The largest absolute Gasteiger partial charge is 0.334 e. The second kappa shape index (κ2) is 6.01. The average molecular weight is 309 g/mol. The maximum atomic E-state index is 12.2. The molecule has 1 aromatic carbocycles. The van der Waals surface area contributed by atoms with Gasteiger partial charge in [-0.3, -0.25) is 4.79 Å². The lowest BCUT2D eigenvalue weighted by Gasteiger charge is -2.25. The highest BCUT2D eigenvalue weighted by molar-refractivity contribution is 9.10.